The molecule has 0 radical (unpaired) electrons. The smallest absolute Gasteiger partial charge is 0.310 e. The fraction of sp³-hybridized carbons (Fsp3) is 0.500. The molecule has 0 heterocycles. The summed E-state index contributed by atoms with van der Waals surface area (Å²) < 4.78 is 0. The molecule has 2 nitrogen and oxygen atoms in total. The van der Waals surface area contributed by atoms with E-state index in [9.17, 15) is 4.79 Å². The van der Waals surface area contributed by atoms with Gasteiger partial charge in [-0.1, -0.05) is 44.5 Å². The molecule has 1 rings (SSSR count). The Bertz CT molecular complexity index is 358. The van der Waals surface area contributed by atoms with Gasteiger partial charge in [0, 0.05) is 0 Å². The van der Waals surface area contributed by atoms with E-state index in [0.29, 0.717) is 5.92 Å². The maximum atomic E-state index is 10.9. The van der Waals surface area contributed by atoms with Crippen molar-refractivity contribution in [2.45, 2.75) is 39.5 Å². The molecule has 2 unspecified atom stereocenters. The maximum absolute atomic E-state index is 10.9. The minimum Gasteiger partial charge on any atom is -0.481 e. The van der Waals surface area contributed by atoms with Gasteiger partial charge in [-0.3, -0.25) is 4.79 Å². The zero-order valence-corrected chi connectivity index (χ0v) is 10.2. The molecule has 2 atom stereocenters. The monoisotopic (exact) mass is 220 g/mol. The maximum Gasteiger partial charge on any atom is 0.310 e. The van der Waals surface area contributed by atoms with Crippen molar-refractivity contribution in [1.29, 1.82) is 0 Å². The van der Waals surface area contributed by atoms with Gasteiger partial charge in [-0.05, 0) is 30.4 Å². The van der Waals surface area contributed by atoms with Gasteiger partial charge in [0.25, 0.3) is 0 Å². The van der Waals surface area contributed by atoms with Crippen molar-refractivity contribution in [3.05, 3.63) is 35.4 Å². The summed E-state index contributed by atoms with van der Waals surface area (Å²) in [5.74, 6) is -0.534. The van der Waals surface area contributed by atoms with Crippen LogP contribution in [0.4, 0.5) is 0 Å². The van der Waals surface area contributed by atoms with Crippen molar-refractivity contribution < 1.29 is 9.90 Å². The first-order chi connectivity index (χ1) is 7.54. The highest BCUT2D eigenvalue weighted by Crippen LogP contribution is 2.19. The number of carboxylic acids is 1. The first kappa shape index (κ1) is 12.8. The van der Waals surface area contributed by atoms with Gasteiger partial charge in [-0.2, -0.15) is 0 Å². The van der Waals surface area contributed by atoms with E-state index in [2.05, 4.69) is 19.9 Å². The molecule has 1 aromatic carbocycles. The Kier molecular flexibility index (Phi) is 4.53. The number of aliphatic carboxylic acids is 1. The van der Waals surface area contributed by atoms with Crippen LogP contribution >= 0.6 is 0 Å². The number of hydrogen-bond donors (Lipinski definition) is 1. The Hall–Kier alpha value is -1.31. The molecule has 1 aromatic rings. The molecule has 0 bridgehead atoms. The molecule has 1 N–H and O–H groups in total. The van der Waals surface area contributed by atoms with Crippen LogP contribution in [-0.4, -0.2) is 11.1 Å². The van der Waals surface area contributed by atoms with Crippen LogP contribution < -0.4 is 0 Å². The fourth-order valence-electron chi connectivity index (χ4n) is 1.68. The summed E-state index contributed by atoms with van der Waals surface area (Å²) >= 11 is 0. The van der Waals surface area contributed by atoms with Crippen molar-refractivity contribution in [2.24, 2.45) is 5.92 Å². The summed E-state index contributed by atoms with van der Waals surface area (Å²) in [6.07, 6.45) is 2.18. The van der Waals surface area contributed by atoms with E-state index in [4.69, 9.17) is 5.11 Å². The Balaban J connectivity index is 2.82. The zero-order chi connectivity index (χ0) is 12.1. The van der Waals surface area contributed by atoms with Crippen LogP contribution in [0.2, 0.25) is 0 Å². The number of hydrogen-bond acceptors (Lipinski definition) is 1. The molecule has 0 saturated heterocycles. The molecule has 0 aliphatic rings. The van der Waals surface area contributed by atoms with E-state index in [0.717, 1.165) is 18.4 Å². The van der Waals surface area contributed by atoms with Gasteiger partial charge in [-0.25, -0.2) is 0 Å². The number of carboxylic acid groups (broad SMARTS) is 1. The highest BCUT2D eigenvalue weighted by molar-refractivity contribution is 5.75. The lowest BCUT2D eigenvalue weighted by molar-refractivity contribution is -0.138. The number of rotatable bonds is 5. The first-order valence-electron chi connectivity index (χ1n) is 5.86. The molecular formula is C14H20O2. The summed E-state index contributed by atoms with van der Waals surface area (Å²) in [4.78, 5) is 10.9. The van der Waals surface area contributed by atoms with Gasteiger partial charge in [0.15, 0.2) is 0 Å². The second-order valence-corrected chi connectivity index (χ2v) is 4.52. The predicted octanol–water partition coefficient (Wildman–Crippen LogP) is 3.46. The number of carbonyl (C=O) groups is 1. The predicted molar refractivity (Wildman–Crippen MR) is 65.7 cm³/mol. The fourth-order valence-corrected chi connectivity index (χ4v) is 1.68. The summed E-state index contributed by atoms with van der Waals surface area (Å²) in [6.45, 7) is 6.12. The second kappa shape index (κ2) is 5.69. The third-order valence-corrected chi connectivity index (χ3v) is 3.10. The van der Waals surface area contributed by atoms with E-state index in [1.165, 1.54) is 5.56 Å². The average Bonchev–Trinajstić information content (AvgIpc) is 2.28. The Morgan fingerprint density at radius 2 is 2.06 bits per heavy atom. The molecule has 0 aliphatic heterocycles. The lowest BCUT2D eigenvalue weighted by atomic mass is 9.94. The summed E-state index contributed by atoms with van der Waals surface area (Å²) in [6, 6.07) is 7.93. The third-order valence-electron chi connectivity index (χ3n) is 3.10. The largest absolute Gasteiger partial charge is 0.481 e. The van der Waals surface area contributed by atoms with Crippen LogP contribution in [0.1, 0.15) is 44.2 Å². The van der Waals surface area contributed by atoms with Gasteiger partial charge in [0.2, 0.25) is 0 Å². The molecule has 0 saturated carbocycles. The summed E-state index contributed by atoms with van der Waals surface area (Å²) in [5, 5.41) is 8.95. The SMILES string of the molecule is CCC(C)Cc1cccc(C(C)C(=O)O)c1. The Labute approximate surface area is 97.3 Å². The summed E-state index contributed by atoms with van der Waals surface area (Å²) in [5.41, 5.74) is 2.13. The molecule has 0 fully saturated rings. The second-order valence-electron chi connectivity index (χ2n) is 4.52. The molecule has 0 aliphatic carbocycles. The van der Waals surface area contributed by atoms with Crippen LogP contribution in [0.3, 0.4) is 0 Å². The lowest BCUT2D eigenvalue weighted by Gasteiger charge is -2.11. The molecule has 0 amide bonds. The molecule has 0 aromatic heterocycles. The van der Waals surface area contributed by atoms with Gasteiger partial charge >= 0.3 is 5.97 Å². The van der Waals surface area contributed by atoms with Crippen molar-refractivity contribution >= 4 is 5.97 Å². The minimum atomic E-state index is -0.763. The van der Waals surface area contributed by atoms with E-state index < -0.39 is 11.9 Å². The number of benzene rings is 1. The van der Waals surface area contributed by atoms with E-state index in [1.54, 1.807) is 6.92 Å². The Morgan fingerprint density at radius 3 is 2.62 bits per heavy atom. The van der Waals surface area contributed by atoms with Gasteiger partial charge in [0.05, 0.1) is 5.92 Å². The third kappa shape index (κ3) is 3.37. The van der Waals surface area contributed by atoms with Crippen LogP contribution in [-0.2, 0) is 11.2 Å². The lowest BCUT2D eigenvalue weighted by Crippen LogP contribution is -2.08. The van der Waals surface area contributed by atoms with Gasteiger partial charge in [-0.15, -0.1) is 0 Å². The first-order valence-corrected chi connectivity index (χ1v) is 5.86. The van der Waals surface area contributed by atoms with Gasteiger partial charge < -0.3 is 5.11 Å². The van der Waals surface area contributed by atoms with Crippen molar-refractivity contribution in [1.82, 2.24) is 0 Å². The highest BCUT2D eigenvalue weighted by atomic mass is 16.4. The van der Waals surface area contributed by atoms with Crippen LogP contribution in [0.5, 0.6) is 0 Å². The standard InChI is InChI=1S/C14H20O2/c1-4-10(2)8-12-6-5-7-13(9-12)11(3)14(15)16/h5-7,9-11H,4,8H2,1-3H3,(H,15,16). The molecule has 0 spiro atoms. The zero-order valence-electron chi connectivity index (χ0n) is 10.2. The summed E-state index contributed by atoms with van der Waals surface area (Å²) in [7, 11) is 0. The van der Waals surface area contributed by atoms with Crippen LogP contribution in [0.15, 0.2) is 24.3 Å². The van der Waals surface area contributed by atoms with Crippen molar-refractivity contribution in [2.75, 3.05) is 0 Å². The quantitative estimate of drug-likeness (QED) is 0.825. The van der Waals surface area contributed by atoms with E-state index >= 15 is 0 Å². The Morgan fingerprint density at radius 1 is 1.38 bits per heavy atom. The van der Waals surface area contributed by atoms with Crippen molar-refractivity contribution in [3.63, 3.8) is 0 Å². The topological polar surface area (TPSA) is 37.3 Å². The normalized spacial score (nSPS) is 14.4. The van der Waals surface area contributed by atoms with Crippen LogP contribution in [0.25, 0.3) is 0 Å². The van der Waals surface area contributed by atoms with E-state index in [1.807, 2.05) is 18.2 Å². The van der Waals surface area contributed by atoms with Crippen LogP contribution in [0, 0.1) is 5.92 Å². The van der Waals surface area contributed by atoms with Gasteiger partial charge in [0.1, 0.15) is 0 Å². The van der Waals surface area contributed by atoms with Crippen molar-refractivity contribution in [3.8, 4) is 0 Å². The molecular weight excluding hydrogens is 200 g/mol. The molecule has 88 valence electrons. The van der Waals surface area contributed by atoms with E-state index in [-0.39, 0.29) is 0 Å². The molecule has 2 heteroatoms. The molecule has 16 heavy (non-hydrogen) atoms. The minimum absolute atomic E-state index is 0.420. The average molecular weight is 220 g/mol. The highest BCUT2D eigenvalue weighted by Gasteiger charge is 2.13.